The van der Waals surface area contributed by atoms with E-state index in [0.29, 0.717) is 39.0 Å². The molecule has 0 radical (unpaired) electrons. The quantitative estimate of drug-likeness (QED) is 0.729. The first kappa shape index (κ1) is 18.7. The minimum absolute atomic E-state index is 0.0322. The maximum atomic E-state index is 12.5. The third kappa shape index (κ3) is 3.99. The van der Waals surface area contributed by atoms with Gasteiger partial charge in [-0.15, -0.1) is 0 Å². The summed E-state index contributed by atoms with van der Waals surface area (Å²) in [5, 5.41) is 3.67. The molecule has 1 aromatic rings. The number of aromatic nitrogens is 1. The summed E-state index contributed by atoms with van der Waals surface area (Å²) in [6.07, 6.45) is 1.38. The van der Waals surface area contributed by atoms with E-state index in [4.69, 9.17) is 14.0 Å². The Balaban J connectivity index is 1.58. The Morgan fingerprint density at radius 2 is 2.12 bits per heavy atom. The number of morpholine rings is 1. The molecule has 2 aliphatic rings. The minimum Gasteiger partial charge on any atom is -0.479 e. The number of piperidine rings is 1. The second-order valence-electron chi connectivity index (χ2n) is 7.12. The molecule has 0 unspecified atom stereocenters. The van der Waals surface area contributed by atoms with Crippen molar-refractivity contribution in [1.82, 2.24) is 19.9 Å². The zero-order chi connectivity index (χ0) is 18.7. The minimum atomic E-state index is -0.365. The summed E-state index contributed by atoms with van der Waals surface area (Å²) in [5.74, 6) is 0.286. The summed E-state index contributed by atoms with van der Waals surface area (Å²) in [7, 11) is 5.45. The van der Waals surface area contributed by atoms with E-state index < -0.39 is 0 Å². The molecule has 9 heteroatoms. The molecule has 1 spiro atoms. The van der Waals surface area contributed by atoms with Gasteiger partial charge in [0.05, 0.1) is 18.8 Å². The van der Waals surface area contributed by atoms with Gasteiger partial charge >= 0.3 is 0 Å². The van der Waals surface area contributed by atoms with E-state index in [1.807, 2.05) is 19.0 Å². The molecule has 2 amide bonds. The summed E-state index contributed by atoms with van der Waals surface area (Å²) in [6.45, 7) is 3.31. The van der Waals surface area contributed by atoms with Gasteiger partial charge in [0.1, 0.15) is 6.61 Å². The largest absolute Gasteiger partial charge is 0.479 e. The standard InChI is InChI=1S/C17H26N4O5/c1-19(2)8-9-21-12-17(25-11-15(21)22)4-6-20(7-5-17)16(23)13-10-14(24-3)18-26-13/h10H,4-9,11-12H2,1-3H3. The van der Waals surface area contributed by atoms with Crippen molar-refractivity contribution in [2.24, 2.45) is 0 Å². The van der Waals surface area contributed by atoms with E-state index >= 15 is 0 Å². The first-order chi connectivity index (χ1) is 12.4. The highest BCUT2D eigenvalue weighted by Crippen LogP contribution is 2.31. The van der Waals surface area contributed by atoms with E-state index in [-0.39, 0.29) is 35.7 Å². The predicted octanol–water partition coefficient (Wildman–Crippen LogP) is 0.0784. The number of amides is 2. The maximum absolute atomic E-state index is 12.5. The summed E-state index contributed by atoms with van der Waals surface area (Å²) >= 11 is 0. The van der Waals surface area contributed by atoms with Crippen LogP contribution in [0.4, 0.5) is 0 Å². The fraction of sp³-hybridized carbons (Fsp3) is 0.706. The fourth-order valence-electron chi connectivity index (χ4n) is 3.34. The van der Waals surface area contributed by atoms with Gasteiger partial charge in [-0.1, -0.05) is 0 Å². The first-order valence-corrected chi connectivity index (χ1v) is 8.79. The van der Waals surface area contributed by atoms with Crippen molar-refractivity contribution >= 4 is 11.8 Å². The van der Waals surface area contributed by atoms with E-state index in [1.54, 1.807) is 4.90 Å². The SMILES string of the molecule is COc1cc(C(=O)N2CCC3(CC2)CN(CCN(C)C)C(=O)CO3)on1. The molecule has 0 N–H and O–H groups in total. The van der Waals surface area contributed by atoms with Crippen molar-refractivity contribution in [1.29, 1.82) is 0 Å². The highest BCUT2D eigenvalue weighted by molar-refractivity contribution is 5.91. The lowest BCUT2D eigenvalue weighted by Crippen LogP contribution is -2.59. The van der Waals surface area contributed by atoms with Crippen LogP contribution in [0.15, 0.2) is 10.6 Å². The number of likely N-dealkylation sites (tertiary alicyclic amines) is 1. The Kier molecular flexibility index (Phi) is 5.47. The number of carbonyl (C=O) groups excluding carboxylic acids is 2. The van der Waals surface area contributed by atoms with Crippen molar-refractivity contribution in [3.63, 3.8) is 0 Å². The maximum Gasteiger partial charge on any atom is 0.292 e. The predicted molar refractivity (Wildman–Crippen MR) is 92.0 cm³/mol. The average Bonchev–Trinajstić information content (AvgIpc) is 3.12. The lowest BCUT2D eigenvalue weighted by atomic mass is 9.89. The molecule has 0 bridgehead atoms. The van der Waals surface area contributed by atoms with Crippen molar-refractivity contribution in [3.05, 3.63) is 11.8 Å². The summed E-state index contributed by atoms with van der Waals surface area (Å²) < 4.78 is 15.9. The fourth-order valence-corrected chi connectivity index (χ4v) is 3.34. The van der Waals surface area contributed by atoms with Gasteiger partial charge in [-0.25, -0.2) is 0 Å². The number of methoxy groups -OCH3 is 1. The van der Waals surface area contributed by atoms with Crippen molar-refractivity contribution < 1.29 is 23.6 Å². The third-order valence-corrected chi connectivity index (χ3v) is 5.02. The smallest absolute Gasteiger partial charge is 0.292 e. The Bertz CT molecular complexity index is 651. The Hall–Kier alpha value is -2.13. The zero-order valence-electron chi connectivity index (χ0n) is 15.6. The molecule has 2 aliphatic heterocycles. The first-order valence-electron chi connectivity index (χ1n) is 8.79. The molecule has 9 nitrogen and oxygen atoms in total. The molecule has 0 atom stereocenters. The lowest BCUT2D eigenvalue weighted by Gasteiger charge is -2.47. The van der Waals surface area contributed by atoms with Gasteiger partial charge in [0.25, 0.3) is 11.8 Å². The molecule has 3 rings (SSSR count). The van der Waals surface area contributed by atoms with Gasteiger partial charge in [-0.3, -0.25) is 9.59 Å². The molecule has 0 saturated carbocycles. The van der Waals surface area contributed by atoms with Crippen molar-refractivity contribution in [2.45, 2.75) is 18.4 Å². The highest BCUT2D eigenvalue weighted by atomic mass is 16.5. The van der Waals surface area contributed by atoms with Crippen molar-refractivity contribution in [3.8, 4) is 5.88 Å². The van der Waals surface area contributed by atoms with Crippen LogP contribution in [0.2, 0.25) is 0 Å². The number of rotatable bonds is 5. The van der Waals surface area contributed by atoms with Crippen LogP contribution in [-0.2, 0) is 9.53 Å². The van der Waals surface area contributed by atoms with Crippen LogP contribution < -0.4 is 4.74 Å². The van der Waals surface area contributed by atoms with E-state index in [0.717, 1.165) is 6.54 Å². The van der Waals surface area contributed by atoms with E-state index in [9.17, 15) is 9.59 Å². The van der Waals surface area contributed by atoms with Gasteiger partial charge < -0.3 is 28.7 Å². The number of carbonyl (C=O) groups is 2. The van der Waals surface area contributed by atoms with Crippen LogP contribution in [0.3, 0.4) is 0 Å². The molecule has 144 valence electrons. The molecule has 2 fully saturated rings. The Morgan fingerprint density at radius 1 is 1.38 bits per heavy atom. The number of likely N-dealkylation sites (N-methyl/N-ethyl adjacent to an activating group) is 1. The third-order valence-electron chi connectivity index (χ3n) is 5.02. The molecule has 1 aromatic heterocycles. The van der Waals surface area contributed by atoms with Gasteiger partial charge in [0.2, 0.25) is 11.7 Å². The van der Waals surface area contributed by atoms with Crippen LogP contribution >= 0.6 is 0 Å². The second kappa shape index (κ2) is 7.63. The van der Waals surface area contributed by atoms with E-state index in [2.05, 4.69) is 10.1 Å². The molecular weight excluding hydrogens is 340 g/mol. The Labute approximate surface area is 152 Å². The van der Waals surface area contributed by atoms with Crippen LogP contribution in [-0.4, -0.2) is 97.8 Å². The summed E-state index contributed by atoms with van der Waals surface area (Å²) in [5.41, 5.74) is -0.365. The molecule has 26 heavy (non-hydrogen) atoms. The van der Waals surface area contributed by atoms with Gasteiger partial charge in [0, 0.05) is 32.7 Å². The van der Waals surface area contributed by atoms with Crippen LogP contribution in [0.1, 0.15) is 23.4 Å². The number of hydrogen-bond acceptors (Lipinski definition) is 7. The topological polar surface area (TPSA) is 88.4 Å². The lowest BCUT2D eigenvalue weighted by molar-refractivity contribution is -0.170. The monoisotopic (exact) mass is 366 g/mol. The van der Waals surface area contributed by atoms with Gasteiger partial charge in [0.15, 0.2) is 0 Å². The van der Waals surface area contributed by atoms with Crippen LogP contribution in [0.5, 0.6) is 5.88 Å². The Morgan fingerprint density at radius 3 is 2.73 bits per heavy atom. The summed E-state index contributed by atoms with van der Waals surface area (Å²) in [6, 6.07) is 1.49. The molecule has 2 saturated heterocycles. The normalized spacial score (nSPS) is 20.1. The highest BCUT2D eigenvalue weighted by Gasteiger charge is 2.43. The van der Waals surface area contributed by atoms with E-state index in [1.165, 1.54) is 13.2 Å². The summed E-state index contributed by atoms with van der Waals surface area (Å²) in [4.78, 5) is 30.3. The van der Waals surface area contributed by atoms with Crippen LogP contribution in [0, 0.1) is 0 Å². The van der Waals surface area contributed by atoms with Gasteiger partial charge in [-0.05, 0) is 32.1 Å². The van der Waals surface area contributed by atoms with Crippen LogP contribution in [0.25, 0.3) is 0 Å². The number of ether oxygens (including phenoxy) is 2. The molecule has 0 aliphatic carbocycles. The zero-order valence-corrected chi connectivity index (χ0v) is 15.6. The second-order valence-corrected chi connectivity index (χ2v) is 7.12. The average molecular weight is 366 g/mol. The van der Waals surface area contributed by atoms with Gasteiger partial charge in [-0.2, -0.15) is 0 Å². The molecule has 3 heterocycles. The number of nitrogens with zero attached hydrogens (tertiary/aromatic N) is 4. The molecule has 0 aromatic carbocycles. The number of hydrogen-bond donors (Lipinski definition) is 0. The molecular formula is C17H26N4O5. The van der Waals surface area contributed by atoms with Crippen molar-refractivity contribution in [2.75, 3.05) is 60.5 Å².